The van der Waals surface area contributed by atoms with Gasteiger partial charge in [0, 0.05) is 43.2 Å². The van der Waals surface area contributed by atoms with Gasteiger partial charge in [-0.15, -0.1) is 12.4 Å². The number of piperazine rings is 1. The highest BCUT2D eigenvalue weighted by atomic mass is 35.5. The van der Waals surface area contributed by atoms with E-state index in [0.717, 1.165) is 24.8 Å². The lowest BCUT2D eigenvalue weighted by Gasteiger charge is -2.36. The van der Waals surface area contributed by atoms with Gasteiger partial charge in [0.05, 0.1) is 6.42 Å². The molecule has 1 aromatic carbocycles. The normalized spacial score (nSPS) is 23.3. The third kappa shape index (κ3) is 4.87. The molecule has 3 rings (SSSR count). The van der Waals surface area contributed by atoms with Crippen molar-refractivity contribution in [3.05, 3.63) is 34.9 Å². The Labute approximate surface area is 159 Å². The fourth-order valence-corrected chi connectivity index (χ4v) is 3.79. The highest BCUT2D eigenvalue weighted by Gasteiger charge is 2.33. The molecule has 0 spiro atoms. The lowest BCUT2D eigenvalue weighted by Crippen LogP contribution is -2.52. The molecule has 1 aromatic rings. The molecule has 1 heterocycles. The van der Waals surface area contributed by atoms with Crippen LogP contribution in [0.25, 0.3) is 0 Å². The zero-order chi connectivity index (χ0) is 17.1. The maximum atomic E-state index is 12.5. The van der Waals surface area contributed by atoms with Crippen LogP contribution in [0.2, 0.25) is 5.02 Å². The maximum Gasteiger partial charge on any atom is 0.227 e. The molecule has 1 saturated heterocycles. The van der Waals surface area contributed by atoms with E-state index in [9.17, 15) is 9.59 Å². The van der Waals surface area contributed by atoms with Gasteiger partial charge in [0.15, 0.2) is 0 Å². The molecule has 2 aliphatic rings. The number of hydrogen-bond donors (Lipinski definition) is 1. The Morgan fingerprint density at radius 2 is 1.72 bits per heavy atom. The van der Waals surface area contributed by atoms with E-state index in [1.165, 1.54) is 0 Å². The van der Waals surface area contributed by atoms with Crippen LogP contribution < -0.4 is 5.73 Å². The van der Waals surface area contributed by atoms with E-state index in [4.69, 9.17) is 17.3 Å². The molecule has 5 nitrogen and oxygen atoms in total. The van der Waals surface area contributed by atoms with Crippen LogP contribution in [0.4, 0.5) is 0 Å². The summed E-state index contributed by atoms with van der Waals surface area (Å²) in [6.07, 6.45) is 2.94. The molecule has 0 bridgehead atoms. The molecule has 2 unspecified atom stereocenters. The van der Waals surface area contributed by atoms with Crippen molar-refractivity contribution in [2.45, 2.75) is 31.7 Å². The van der Waals surface area contributed by atoms with Crippen LogP contribution in [0.3, 0.4) is 0 Å². The summed E-state index contributed by atoms with van der Waals surface area (Å²) in [4.78, 5) is 28.7. The van der Waals surface area contributed by atoms with Crippen molar-refractivity contribution in [3.8, 4) is 0 Å². The molecule has 2 amide bonds. The molecule has 0 aromatic heterocycles. The van der Waals surface area contributed by atoms with E-state index >= 15 is 0 Å². The van der Waals surface area contributed by atoms with Crippen molar-refractivity contribution in [2.24, 2.45) is 11.7 Å². The zero-order valence-corrected chi connectivity index (χ0v) is 15.8. The number of benzene rings is 1. The van der Waals surface area contributed by atoms with E-state index < -0.39 is 0 Å². The van der Waals surface area contributed by atoms with Crippen molar-refractivity contribution in [2.75, 3.05) is 26.2 Å². The Bertz CT molecular complexity index is 618. The van der Waals surface area contributed by atoms with Gasteiger partial charge in [-0.3, -0.25) is 9.59 Å². The van der Waals surface area contributed by atoms with Crippen molar-refractivity contribution < 1.29 is 9.59 Å². The number of amides is 2. The number of halogens is 2. The van der Waals surface area contributed by atoms with Gasteiger partial charge < -0.3 is 15.5 Å². The summed E-state index contributed by atoms with van der Waals surface area (Å²) in [6, 6.07) is 7.58. The summed E-state index contributed by atoms with van der Waals surface area (Å²) < 4.78 is 0. The molecule has 2 N–H and O–H groups in total. The van der Waals surface area contributed by atoms with Gasteiger partial charge >= 0.3 is 0 Å². The van der Waals surface area contributed by atoms with Crippen molar-refractivity contribution in [1.82, 2.24) is 9.80 Å². The van der Waals surface area contributed by atoms with Crippen LogP contribution in [0.5, 0.6) is 0 Å². The highest BCUT2D eigenvalue weighted by Crippen LogP contribution is 2.26. The number of rotatable bonds is 3. The van der Waals surface area contributed by atoms with E-state index in [1.807, 2.05) is 28.0 Å². The second kappa shape index (κ2) is 8.88. The van der Waals surface area contributed by atoms with Gasteiger partial charge in [-0.05, 0) is 30.9 Å². The van der Waals surface area contributed by atoms with Crippen molar-refractivity contribution in [1.29, 1.82) is 0 Å². The second-order valence-corrected chi connectivity index (χ2v) is 7.15. The maximum absolute atomic E-state index is 12.5. The van der Waals surface area contributed by atoms with Crippen LogP contribution in [0.1, 0.15) is 24.8 Å². The van der Waals surface area contributed by atoms with E-state index in [1.54, 1.807) is 6.07 Å². The Morgan fingerprint density at radius 3 is 2.32 bits per heavy atom. The topological polar surface area (TPSA) is 66.6 Å². The minimum atomic E-state index is 0. The van der Waals surface area contributed by atoms with Crippen molar-refractivity contribution in [3.63, 3.8) is 0 Å². The van der Waals surface area contributed by atoms with Crippen LogP contribution in [0.15, 0.2) is 24.3 Å². The SMILES string of the molecule is Cl.NC1CCC(C(=O)N2CCN(C(=O)Cc3ccccc3Cl)CC2)C1. The smallest absolute Gasteiger partial charge is 0.227 e. The third-order valence-electron chi connectivity index (χ3n) is 5.07. The molecule has 2 fully saturated rings. The molecular formula is C18H25Cl2N3O2. The highest BCUT2D eigenvalue weighted by molar-refractivity contribution is 6.31. The van der Waals surface area contributed by atoms with Crippen molar-refractivity contribution >= 4 is 35.8 Å². The van der Waals surface area contributed by atoms with Crippen LogP contribution in [0, 0.1) is 5.92 Å². The lowest BCUT2D eigenvalue weighted by atomic mass is 10.1. The molecule has 138 valence electrons. The van der Waals surface area contributed by atoms with Crippen LogP contribution >= 0.6 is 24.0 Å². The first kappa shape index (κ1) is 20.0. The summed E-state index contributed by atoms with van der Waals surface area (Å²) in [5.74, 6) is 0.351. The fourth-order valence-electron chi connectivity index (χ4n) is 3.59. The molecule has 1 aliphatic carbocycles. The van der Waals surface area contributed by atoms with E-state index in [0.29, 0.717) is 37.6 Å². The Kier molecular flexibility index (Phi) is 7.11. The molecule has 7 heteroatoms. The monoisotopic (exact) mass is 385 g/mol. The number of carbonyl (C=O) groups excluding carboxylic acids is 2. The molecule has 1 aliphatic heterocycles. The summed E-state index contributed by atoms with van der Waals surface area (Å²) in [6.45, 7) is 2.40. The van der Waals surface area contributed by atoms with Gasteiger partial charge in [-0.1, -0.05) is 29.8 Å². The van der Waals surface area contributed by atoms with Gasteiger partial charge in [0.2, 0.25) is 11.8 Å². The number of hydrogen-bond acceptors (Lipinski definition) is 3. The number of nitrogens with two attached hydrogens (primary N) is 1. The van der Waals surface area contributed by atoms with Gasteiger partial charge in [-0.25, -0.2) is 0 Å². The Balaban J connectivity index is 0.00000225. The van der Waals surface area contributed by atoms with Gasteiger partial charge in [0.25, 0.3) is 0 Å². The summed E-state index contributed by atoms with van der Waals surface area (Å²) in [5, 5.41) is 0.622. The summed E-state index contributed by atoms with van der Waals surface area (Å²) in [5.41, 5.74) is 6.75. The second-order valence-electron chi connectivity index (χ2n) is 6.74. The minimum Gasteiger partial charge on any atom is -0.339 e. The first-order valence-corrected chi connectivity index (χ1v) is 8.98. The third-order valence-corrected chi connectivity index (χ3v) is 5.43. The first-order chi connectivity index (χ1) is 11.5. The summed E-state index contributed by atoms with van der Waals surface area (Å²) in [7, 11) is 0. The average Bonchev–Trinajstić information content (AvgIpc) is 3.03. The summed E-state index contributed by atoms with van der Waals surface area (Å²) >= 11 is 6.12. The predicted octanol–water partition coefficient (Wildman–Crippen LogP) is 2.10. The van der Waals surface area contributed by atoms with E-state index in [-0.39, 0.29) is 36.2 Å². The minimum absolute atomic E-state index is 0. The van der Waals surface area contributed by atoms with Gasteiger partial charge in [0.1, 0.15) is 0 Å². The van der Waals surface area contributed by atoms with Crippen LogP contribution in [-0.4, -0.2) is 53.8 Å². The fraction of sp³-hybridized carbons (Fsp3) is 0.556. The molecular weight excluding hydrogens is 361 g/mol. The number of carbonyl (C=O) groups is 2. The predicted molar refractivity (Wildman–Crippen MR) is 101 cm³/mol. The molecule has 0 radical (unpaired) electrons. The Hall–Kier alpha value is -1.30. The number of nitrogens with zero attached hydrogens (tertiary/aromatic N) is 2. The standard InChI is InChI=1S/C18H24ClN3O2.ClH/c19-16-4-2-1-3-13(16)12-17(23)21-7-9-22(10-8-21)18(24)14-5-6-15(20)11-14;/h1-4,14-15H,5-12,20H2;1H. The first-order valence-electron chi connectivity index (χ1n) is 8.60. The van der Waals surface area contributed by atoms with Crippen LogP contribution in [-0.2, 0) is 16.0 Å². The quantitative estimate of drug-likeness (QED) is 0.865. The molecule has 25 heavy (non-hydrogen) atoms. The average molecular weight is 386 g/mol. The Morgan fingerprint density at radius 1 is 1.08 bits per heavy atom. The molecule has 1 saturated carbocycles. The van der Waals surface area contributed by atoms with Gasteiger partial charge in [-0.2, -0.15) is 0 Å². The zero-order valence-electron chi connectivity index (χ0n) is 14.2. The molecule has 2 atom stereocenters. The van der Waals surface area contributed by atoms with E-state index in [2.05, 4.69) is 0 Å². The largest absolute Gasteiger partial charge is 0.339 e. The lowest BCUT2D eigenvalue weighted by molar-refractivity contribution is -0.141.